The summed E-state index contributed by atoms with van der Waals surface area (Å²) in [5, 5.41) is 4.62. The highest BCUT2D eigenvalue weighted by Crippen LogP contribution is 2.34. The third-order valence-corrected chi connectivity index (χ3v) is 8.78. The molecule has 1 fully saturated rings. The maximum Gasteiger partial charge on any atom is 0.270 e. The second-order valence-corrected chi connectivity index (χ2v) is 12.2. The van der Waals surface area contributed by atoms with Crippen LogP contribution < -0.4 is 14.8 Å². The normalized spacial score (nSPS) is 19.0. The Kier molecular flexibility index (Phi) is 9.19. The summed E-state index contributed by atoms with van der Waals surface area (Å²) in [5.41, 5.74) is 3.41. The van der Waals surface area contributed by atoms with E-state index in [4.69, 9.17) is 25.8 Å². The molecule has 0 unspecified atom stereocenters. The van der Waals surface area contributed by atoms with Gasteiger partial charge in [-0.25, -0.2) is 0 Å². The number of fused-ring (bicyclic) bond motifs is 6. The molecule has 0 radical (unpaired) electrons. The largest absolute Gasteiger partial charge is 0.493 e. The smallest absolute Gasteiger partial charge is 0.270 e. The van der Waals surface area contributed by atoms with Crippen molar-refractivity contribution in [3.8, 4) is 17.2 Å². The highest BCUT2D eigenvalue weighted by Gasteiger charge is 2.35. The van der Waals surface area contributed by atoms with E-state index >= 15 is 0 Å². The molecule has 2 aliphatic heterocycles. The lowest BCUT2D eigenvalue weighted by Crippen LogP contribution is -2.57. The minimum Gasteiger partial charge on any atom is -0.493 e. The zero-order valence-electron chi connectivity index (χ0n) is 26.1. The number of aryl methyl sites for hydroxylation is 1. The summed E-state index contributed by atoms with van der Waals surface area (Å²) in [4.78, 5) is 47.4. The van der Waals surface area contributed by atoms with Crippen molar-refractivity contribution in [3.63, 3.8) is 0 Å². The predicted octanol–water partition coefficient (Wildman–Crippen LogP) is 5.71. The first-order valence-corrected chi connectivity index (χ1v) is 15.8. The van der Waals surface area contributed by atoms with Crippen molar-refractivity contribution >= 4 is 40.2 Å². The quantitative estimate of drug-likeness (QED) is 0.294. The number of hydrogen-bond donors (Lipinski definition) is 2. The Morgan fingerprint density at radius 3 is 2.76 bits per heavy atom. The Morgan fingerprint density at radius 2 is 1.96 bits per heavy atom. The number of likely N-dealkylation sites (tertiary alicyclic amines) is 1. The Balaban J connectivity index is 1.30. The molecule has 10 nitrogen and oxygen atoms in total. The Morgan fingerprint density at radius 1 is 1.11 bits per heavy atom. The highest BCUT2D eigenvalue weighted by molar-refractivity contribution is 6.31. The van der Waals surface area contributed by atoms with Crippen LogP contribution in [0.1, 0.15) is 51.7 Å². The summed E-state index contributed by atoms with van der Waals surface area (Å²) >= 11 is 6.22. The van der Waals surface area contributed by atoms with Gasteiger partial charge in [-0.15, -0.1) is 0 Å². The van der Waals surface area contributed by atoms with Gasteiger partial charge in [0.1, 0.15) is 11.4 Å². The number of methoxy groups -OCH3 is 1. The van der Waals surface area contributed by atoms with E-state index in [0.717, 1.165) is 22.0 Å². The fraction of sp³-hybridized carbons (Fsp3) is 0.343. The Labute approximate surface area is 272 Å². The Hall–Kier alpha value is -4.54. The number of amides is 3. The molecule has 0 spiro atoms. The van der Waals surface area contributed by atoms with Gasteiger partial charge in [-0.3, -0.25) is 14.4 Å². The van der Waals surface area contributed by atoms with Crippen LogP contribution >= 0.6 is 11.6 Å². The SMILES string of the molecule is CCCN1CC(=O)N[C@H]2CCN(C(=O)c3[nH]c4ccc(Cl)cc4c3C)C[C@@H]2OCc2cccc(c2)Oc2cc(ccc2OC)C1=O. The van der Waals surface area contributed by atoms with Gasteiger partial charge < -0.3 is 34.3 Å². The van der Waals surface area contributed by atoms with E-state index in [9.17, 15) is 14.4 Å². The maximum absolute atomic E-state index is 13.8. The van der Waals surface area contributed by atoms with E-state index < -0.39 is 6.10 Å². The summed E-state index contributed by atoms with van der Waals surface area (Å²) in [7, 11) is 1.54. The molecule has 4 aromatic rings. The van der Waals surface area contributed by atoms with E-state index in [0.29, 0.717) is 59.5 Å². The summed E-state index contributed by atoms with van der Waals surface area (Å²) < 4.78 is 18.1. The van der Waals surface area contributed by atoms with Crippen LogP contribution in [0.2, 0.25) is 5.02 Å². The number of carbonyl (C=O) groups excluding carboxylic acids is 3. The lowest BCUT2D eigenvalue weighted by Gasteiger charge is -2.39. The van der Waals surface area contributed by atoms with Crippen LogP contribution in [0.5, 0.6) is 17.2 Å². The van der Waals surface area contributed by atoms with Crippen LogP contribution in [0.25, 0.3) is 10.9 Å². The van der Waals surface area contributed by atoms with Gasteiger partial charge in [0, 0.05) is 41.1 Å². The average Bonchev–Trinajstić information content (AvgIpc) is 3.38. The zero-order chi connectivity index (χ0) is 32.4. The van der Waals surface area contributed by atoms with Crippen molar-refractivity contribution in [1.82, 2.24) is 20.1 Å². The number of hydrogen-bond acceptors (Lipinski definition) is 6. The van der Waals surface area contributed by atoms with Crippen LogP contribution in [-0.4, -0.2) is 77.9 Å². The van der Waals surface area contributed by atoms with Crippen molar-refractivity contribution < 1.29 is 28.6 Å². The van der Waals surface area contributed by atoms with E-state index in [-0.39, 0.29) is 43.5 Å². The van der Waals surface area contributed by atoms with E-state index in [1.807, 2.05) is 50.2 Å². The molecule has 0 saturated carbocycles. The van der Waals surface area contributed by atoms with Crippen LogP contribution in [0.4, 0.5) is 0 Å². The zero-order valence-corrected chi connectivity index (χ0v) is 26.9. The standard InChI is InChI=1S/C35H37ClN4O6/c1-4-13-39-19-32(41)37-28-12-14-40(35(43)33-21(2)26-17-24(36)9-10-27(26)38-33)18-31(28)45-20-22-6-5-7-25(15-22)46-30-16-23(34(39)42)8-11-29(30)44-3/h5-11,15-17,28,31,38H,4,12-14,18-20H2,1-3H3,(H,37,41)/t28-,31-/m0/s1. The molecule has 2 N–H and O–H groups in total. The van der Waals surface area contributed by atoms with Crippen LogP contribution in [0, 0.1) is 6.92 Å². The average molecular weight is 645 g/mol. The summed E-state index contributed by atoms with van der Waals surface area (Å²) in [6, 6.07) is 17.6. The van der Waals surface area contributed by atoms with Gasteiger partial charge in [0.25, 0.3) is 11.8 Å². The van der Waals surface area contributed by atoms with Crippen molar-refractivity contribution in [2.75, 3.05) is 33.3 Å². The van der Waals surface area contributed by atoms with Gasteiger partial charge >= 0.3 is 0 Å². The first kappa shape index (κ1) is 31.4. The van der Waals surface area contributed by atoms with Gasteiger partial charge in [0.2, 0.25) is 5.91 Å². The molecule has 1 aromatic heterocycles. The van der Waals surface area contributed by atoms with Gasteiger partial charge in [-0.2, -0.15) is 0 Å². The van der Waals surface area contributed by atoms with Crippen molar-refractivity contribution in [3.05, 3.63) is 88.1 Å². The summed E-state index contributed by atoms with van der Waals surface area (Å²) in [6.45, 7) is 5.08. The number of H-pyrrole nitrogens is 1. The number of rotatable bonds is 4. The molecule has 6 rings (SSSR count). The lowest BCUT2D eigenvalue weighted by molar-refractivity contribution is -0.124. The molecule has 3 heterocycles. The number of aromatic amines is 1. The summed E-state index contributed by atoms with van der Waals surface area (Å²) in [5.74, 6) is 0.700. The molecule has 240 valence electrons. The fourth-order valence-corrected chi connectivity index (χ4v) is 6.33. The topological polar surface area (TPSA) is 113 Å². The third-order valence-electron chi connectivity index (χ3n) is 8.54. The van der Waals surface area contributed by atoms with Gasteiger partial charge in [0.05, 0.1) is 32.4 Å². The number of nitrogens with one attached hydrogen (secondary N) is 2. The number of carbonyl (C=O) groups is 3. The summed E-state index contributed by atoms with van der Waals surface area (Å²) in [6.07, 6.45) is 0.665. The minimum absolute atomic E-state index is 0.114. The molecule has 3 amide bonds. The number of nitrogens with zero attached hydrogens (tertiary/aromatic N) is 2. The number of benzene rings is 3. The molecule has 3 aromatic carbocycles. The van der Waals surface area contributed by atoms with E-state index in [1.54, 1.807) is 29.2 Å². The predicted molar refractivity (Wildman–Crippen MR) is 175 cm³/mol. The number of aromatic nitrogens is 1. The molecule has 1 saturated heterocycles. The van der Waals surface area contributed by atoms with Gasteiger partial charge in [0.15, 0.2) is 11.5 Å². The van der Waals surface area contributed by atoms with Gasteiger partial charge in [-0.05, 0) is 79.4 Å². The molecular weight excluding hydrogens is 608 g/mol. The monoisotopic (exact) mass is 644 g/mol. The van der Waals surface area contributed by atoms with Crippen LogP contribution in [-0.2, 0) is 16.1 Å². The van der Waals surface area contributed by atoms with Crippen molar-refractivity contribution in [2.45, 2.75) is 45.4 Å². The fourth-order valence-electron chi connectivity index (χ4n) is 6.15. The Bertz CT molecular complexity index is 1790. The van der Waals surface area contributed by atoms with E-state index in [2.05, 4.69) is 10.3 Å². The second-order valence-electron chi connectivity index (χ2n) is 11.7. The molecule has 4 bridgehead atoms. The number of ether oxygens (including phenoxy) is 3. The van der Waals surface area contributed by atoms with E-state index in [1.165, 1.54) is 12.0 Å². The first-order valence-electron chi connectivity index (χ1n) is 15.5. The third kappa shape index (κ3) is 6.54. The number of halogens is 1. The molecular formula is C35H37ClN4O6. The van der Waals surface area contributed by atoms with Crippen LogP contribution in [0.15, 0.2) is 60.7 Å². The minimum atomic E-state index is -0.499. The van der Waals surface area contributed by atoms with Crippen LogP contribution in [0.3, 0.4) is 0 Å². The lowest BCUT2D eigenvalue weighted by atomic mass is 10.0. The maximum atomic E-state index is 13.8. The molecule has 2 atom stereocenters. The molecule has 2 aliphatic rings. The second kappa shape index (κ2) is 13.4. The first-order chi connectivity index (χ1) is 22.2. The van der Waals surface area contributed by atoms with Gasteiger partial charge in [-0.1, -0.05) is 30.7 Å². The number of piperidine rings is 1. The highest BCUT2D eigenvalue weighted by atomic mass is 35.5. The molecule has 11 heteroatoms. The van der Waals surface area contributed by atoms with Crippen molar-refractivity contribution in [2.24, 2.45) is 0 Å². The molecule has 46 heavy (non-hydrogen) atoms. The van der Waals surface area contributed by atoms with Crippen molar-refractivity contribution in [1.29, 1.82) is 0 Å². The molecule has 0 aliphatic carbocycles.